The van der Waals surface area contributed by atoms with Gasteiger partial charge in [0, 0.05) is 31.6 Å². The van der Waals surface area contributed by atoms with E-state index in [1.54, 1.807) is 12.0 Å². The molecule has 0 bridgehead atoms. The van der Waals surface area contributed by atoms with Crippen LogP contribution in [0.3, 0.4) is 0 Å². The summed E-state index contributed by atoms with van der Waals surface area (Å²) in [5, 5.41) is 5.68. The van der Waals surface area contributed by atoms with Gasteiger partial charge in [-0.25, -0.2) is 9.59 Å². The van der Waals surface area contributed by atoms with Crippen LogP contribution in [0.4, 0.5) is 9.59 Å². The number of methoxy groups -OCH3 is 1. The molecule has 2 saturated heterocycles. The number of amides is 3. The molecule has 27 heavy (non-hydrogen) atoms. The van der Waals surface area contributed by atoms with Gasteiger partial charge in [0.1, 0.15) is 5.60 Å². The minimum Gasteiger partial charge on any atom is -0.493 e. The Morgan fingerprint density at radius 2 is 2.22 bits per heavy atom. The van der Waals surface area contributed by atoms with Crippen molar-refractivity contribution in [1.29, 1.82) is 0 Å². The molecule has 0 radical (unpaired) electrons. The van der Waals surface area contributed by atoms with E-state index in [4.69, 9.17) is 14.2 Å². The number of urea groups is 1. The number of benzene rings is 1. The first-order valence-corrected chi connectivity index (χ1v) is 9.35. The van der Waals surface area contributed by atoms with Gasteiger partial charge in [0.2, 0.25) is 0 Å². The van der Waals surface area contributed by atoms with E-state index in [-0.39, 0.29) is 12.1 Å². The molecule has 2 N–H and O–H groups in total. The fraction of sp³-hybridized carbons (Fsp3) is 0.579. The van der Waals surface area contributed by atoms with E-state index in [1.165, 1.54) is 0 Å². The summed E-state index contributed by atoms with van der Waals surface area (Å²) >= 11 is 0. The summed E-state index contributed by atoms with van der Waals surface area (Å²) in [5.41, 5.74) is 0.394. The summed E-state index contributed by atoms with van der Waals surface area (Å²) in [6, 6.07) is 5.49. The van der Waals surface area contributed by atoms with Crippen molar-refractivity contribution in [3.05, 3.63) is 23.8 Å². The van der Waals surface area contributed by atoms with E-state index in [0.29, 0.717) is 50.7 Å². The van der Waals surface area contributed by atoms with Crippen LogP contribution in [0.25, 0.3) is 0 Å². The molecule has 0 saturated carbocycles. The lowest BCUT2D eigenvalue weighted by Gasteiger charge is -2.25. The fourth-order valence-electron chi connectivity index (χ4n) is 3.60. The lowest BCUT2D eigenvalue weighted by atomic mass is 9.95. The van der Waals surface area contributed by atoms with Crippen molar-refractivity contribution in [3.8, 4) is 11.5 Å². The highest BCUT2D eigenvalue weighted by molar-refractivity contribution is 5.74. The number of hydrogen-bond acceptors (Lipinski definition) is 5. The maximum absolute atomic E-state index is 12.6. The van der Waals surface area contributed by atoms with Gasteiger partial charge in [-0.05, 0) is 25.8 Å². The SMILES string of the molecule is CCOc1c(CNC(=O)N2CCCC3(CC2)CNC(=O)O3)cccc1OC. The standard InChI is InChI=1S/C19H27N3O5/c1-3-26-16-14(6-4-7-15(16)25-2)12-20-17(23)22-10-5-8-19(9-11-22)13-21-18(24)27-19/h4,6-7H,3,5,8-13H2,1-2H3,(H,20,23)(H,21,24). The normalized spacial score (nSPS) is 22.0. The first-order chi connectivity index (χ1) is 13.1. The zero-order chi connectivity index (χ0) is 19.3. The summed E-state index contributed by atoms with van der Waals surface area (Å²) in [6.07, 6.45) is 1.84. The van der Waals surface area contributed by atoms with E-state index >= 15 is 0 Å². The molecule has 0 aromatic heterocycles. The summed E-state index contributed by atoms with van der Waals surface area (Å²) < 4.78 is 16.5. The first-order valence-electron chi connectivity index (χ1n) is 9.35. The van der Waals surface area contributed by atoms with Crippen molar-refractivity contribution < 1.29 is 23.8 Å². The highest BCUT2D eigenvalue weighted by Crippen LogP contribution is 2.31. The molecule has 148 valence electrons. The Bertz CT molecular complexity index is 696. The molecular formula is C19H27N3O5. The number of likely N-dealkylation sites (tertiary alicyclic amines) is 1. The number of hydrogen-bond donors (Lipinski definition) is 2. The Labute approximate surface area is 159 Å². The van der Waals surface area contributed by atoms with Crippen LogP contribution >= 0.6 is 0 Å². The van der Waals surface area contributed by atoms with Crippen molar-refractivity contribution in [2.75, 3.05) is 33.4 Å². The minimum absolute atomic E-state index is 0.130. The van der Waals surface area contributed by atoms with Gasteiger partial charge in [0.05, 0.1) is 20.3 Å². The predicted octanol–water partition coefficient (Wildman–Crippen LogP) is 2.27. The fourth-order valence-corrected chi connectivity index (χ4v) is 3.60. The number of nitrogens with one attached hydrogen (secondary N) is 2. The molecule has 1 unspecified atom stereocenters. The lowest BCUT2D eigenvalue weighted by molar-refractivity contribution is 0.0453. The van der Waals surface area contributed by atoms with Gasteiger partial charge in [-0.3, -0.25) is 0 Å². The third-order valence-corrected chi connectivity index (χ3v) is 5.05. The van der Waals surface area contributed by atoms with Gasteiger partial charge < -0.3 is 29.7 Å². The molecule has 1 aromatic carbocycles. The summed E-state index contributed by atoms with van der Waals surface area (Å²) in [6.45, 7) is 4.49. The van der Waals surface area contributed by atoms with E-state index in [9.17, 15) is 9.59 Å². The van der Waals surface area contributed by atoms with Crippen molar-refractivity contribution in [2.45, 2.75) is 38.3 Å². The van der Waals surface area contributed by atoms with Gasteiger partial charge in [-0.1, -0.05) is 12.1 Å². The van der Waals surface area contributed by atoms with Gasteiger partial charge in [0.15, 0.2) is 11.5 Å². The van der Waals surface area contributed by atoms with Gasteiger partial charge in [-0.15, -0.1) is 0 Å². The second-order valence-electron chi connectivity index (χ2n) is 6.81. The van der Waals surface area contributed by atoms with Crippen molar-refractivity contribution in [1.82, 2.24) is 15.5 Å². The van der Waals surface area contributed by atoms with Gasteiger partial charge in [0.25, 0.3) is 0 Å². The Balaban J connectivity index is 1.59. The van der Waals surface area contributed by atoms with Crippen LogP contribution in [0.1, 0.15) is 31.7 Å². The summed E-state index contributed by atoms with van der Waals surface area (Å²) in [7, 11) is 1.60. The molecule has 2 aliphatic heterocycles. The van der Waals surface area contributed by atoms with Crippen LogP contribution in [0.2, 0.25) is 0 Å². The maximum atomic E-state index is 12.6. The number of alkyl carbamates (subject to hydrolysis) is 1. The van der Waals surface area contributed by atoms with Crippen molar-refractivity contribution in [2.24, 2.45) is 0 Å². The first kappa shape index (κ1) is 19.1. The molecule has 3 rings (SSSR count). The zero-order valence-electron chi connectivity index (χ0n) is 15.9. The van der Waals surface area contributed by atoms with Crippen LogP contribution in [-0.2, 0) is 11.3 Å². The molecule has 1 atom stereocenters. The molecule has 3 amide bonds. The second-order valence-corrected chi connectivity index (χ2v) is 6.81. The third-order valence-electron chi connectivity index (χ3n) is 5.05. The quantitative estimate of drug-likeness (QED) is 0.822. The minimum atomic E-state index is -0.471. The average molecular weight is 377 g/mol. The van der Waals surface area contributed by atoms with Crippen LogP contribution in [0, 0.1) is 0 Å². The molecule has 1 aromatic rings. The Morgan fingerprint density at radius 3 is 2.93 bits per heavy atom. The Kier molecular flexibility index (Phi) is 5.93. The lowest BCUT2D eigenvalue weighted by Crippen LogP contribution is -2.41. The Hall–Kier alpha value is -2.64. The number of rotatable bonds is 5. The van der Waals surface area contributed by atoms with Crippen molar-refractivity contribution >= 4 is 12.1 Å². The topological polar surface area (TPSA) is 89.1 Å². The van der Waals surface area contributed by atoms with Crippen LogP contribution < -0.4 is 20.1 Å². The summed E-state index contributed by atoms with van der Waals surface area (Å²) in [5.74, 6) is 1.30. The molecule has 8 heteroatoms. The molecule has 2 heterocycles. The number of carbonyl (C=O) groups excluding carboxylic acids is 2. The van der Waals surface area contributed by atoms with E-state index in [1.807, 2.05) is 25.1 Å². The Morgan fingerprint density at radius 1 is 1.37 bits per heavy atom. The average Bonchev–Trinajstić information content (AvgIpc) is 2.91. The molecular weight excluding hydrogens is 350 g/mol. The summed E-state index contributed by atoms with van der Waals surface area (Å²) in [4.78, 5) is 25.8. The second kappa shape index (κ2) is 8.37. The van der Waals surface area contributed by atoms with Gasteiger partial charge >= 0.3 is 12.1 Å². The van der Waals surface area contributed by atoms with E-state index < -0.39 is 5.60 Å². The van der Waals surface area contributed by atoms with Crippen LogP contribution in [0.15, 0.2) is 18.2 Å². The number of carbonyl (C=O) groups is 2. The maximum Gasteiger partial charge on any atom is 0.407 e. The number of ether oxygens (including phenoxy) is 3. The smallest absolute Gasteiger partial charge is 0.407 e. The number of nitrogens with zero attached hydrogens (tertiary/aromatic N) is 1. The zero-order valence-corrected chi connectivity index (χ0v) is 15.9. The van der Waals surface area contributed by atoms with Gasteiger partial charge in [-0.2, -0.15) is 0 Å². The highest BCUT2D eigenvalue weighted by atomic mass is 16.6. The molecule has 2 aliphatic rings. The van der Waals surface area contributed by atoms with E-state index in [0.717, 1.165) is 18.4 Å². The molecule has 0 aliphatic carbocycles. The van der Waals surface area contributed by atoms with Crippen molar-refractivity contribution in [3.63, 3.8) is 0 Å². The van der Waals surface area contributed by atoms with E-state index in [2.05, 4.69) is 10.6 Å². The monoisotopic (exact) mass is 377 g/mol. The molecule has 2 fully saturated rings. The van der Waals surface area contributed by atoms with Crippen LogP contribution in [0.5, 0.6) is 11.5 Å². The molecule has 1 spiro atoms. The third kappa shape index (κ3) is 4.37. The predicted molar refractivity (Wildman–Crippen MR) is 99.0 cm³/mol. The highest BCUT2D eigenvalue weighted by Gasteiger charge is 2.41. The number of para-hydroxylation sites is 1. The van der Waals surface area contributed by atoms with Crippen LogP contribution in [-0.4, -0.2) is 56.0 Å². The largest absolute Gasteiger partial charge is 0.493 e. The molecule has 8 nitrogen and oxygen atoms in total.